The van der Waals surface area contributed by atoms with Gasteiger partial charge in [-0.05, 0) is 42.3 Å². The van der Waals surface area contributed by atoms with Crippen LogP contribution in [0.2, 0.25) is 0 Å². The van der Waals surface area contributed by atoms with Gasteiger partial charge in [0, 0.05) is 26.6 Å². The van der Waals surface area contributed by atoms with Gasteiger partial charge in [-0.3, -0.25) is 4.79 Å². The Morgan fingerprint density at radius 3 is 2.71 bits per heavy atom. The highest BCUT2D eigenvalue weighted by molar-refractivity contribution is 6.03. The average Bonchev–Trinajstić information content (AvgIpc) is 3.49. The van der Waals surface area contributed by atoms with Crippen LogP contribution in [0.3, 0.4) is 0 Å². The number of fused-ring (bicyclic) bond motifs is 1. The molecule has 3 amide bonds. The number of urea groups is 1. The summed E-state index contributed by atoms with van der Waals surface area (Å²) in [6.45, 7) is 2.77. The Morgan fingerprint density at radius 2 is 1.97 bits per heavy atom. The maximum atomic E-state index is 13.4. The first-order chi connectivity index (χ1) is 16.5. The van der Waals surface area contributed by atoms with Gasteiger partial charge in [0.1, 0.15) is 12.4 Å². The summed E-state index contributed by atoms with van der Waals surface area (Å²) in [5, 5.41) is 8.71. The van der Waals surface area contributed by atoms with Crippen molar-refractivity contribution in [1.29, 1.82) is 0 Å². The fourth-order valence-electron chi connectivity index (χ4n) is 3.89. The molecule has 0 spiro atoms. The van der Waals surface area contributed by atoms with Gasteiger partial charge in [0.2, 0.25) is 6.79 Å². The molecule has 34 heavy (non-hydrogen) atoms. The van der Waals surface area contributed by atoms with Crippen molar-refractivity contribution in [2.24, 2.45) is 5.10 Å². The molecule has 2 aromatic rings. The summed E-state index contributed by atoms with van der Waals surface area (Å²) < 4.78 is 29.5. The number of hydrogen-bond acceptors (Lipinski definition) is 6. The van der Waals surface area contributed by atoms with Crippen molar-refractivity contribution < 1.29 is 28.2 Å². The van der Waals surface area contributed by atoms with Crippen LogP contribution in [0.1, 0.15) is 30.5 Å². The monoisotopic (exact) mass is 470 g/mol. The second-order valence-corrected chi connectivity index (χ2v) is 7.87. The van der Waals surface area contributed by atoms with E-state index >= 15 is 0 Å². The van der Waals surface area contributed by atoms with E-state index in [2.05, 4.69) is 10.4 Å². The van der Waals surface area contributed by atoms with Crippen LogP contribution in [-0.4, -0.2) is 67.7 Å². The molecule has 0 saturated carbocycles. The first-order valence-corrected chi connectivity index (χ1v) is 11.1. The number of carbonyl (C=O) groups excluding carboxylic acids is 2. The highest BCUT2D eigenvalue weighted by Gasteiger charge is 2.35. The van der Waals surface area contributed by atoms with E-state index in [9.17, 15) is 14.0 Å². The highest BCUT2D eigenvalue weighted by Crippen LogP contribution is 2.39. The van der Waals surface area contributed by atoms with E-state index in [1.165, 1.54) is 29.2 Å². The second kappa shape index (κ2) is 10.5. The van der Waals surface area contributed by atoms with Gasteiger partial charge in [0.25, 0.3) is 5.91 Å². The van der Waals surface area contributed by atoms with Crippen molar-refractivity contribution in [2.75, 3.05) is 40.1 Å². The molecule has 2 heterocycles. The van der Waals surface area contributed by atoms with Crippen LogP contribution in [0.4, 0.5) is 9.18 Å². The molecule has 0 unspecified atom stereocenters. The number of nitrogens with zero attached hydrogens (tertiary/aromatic N) is 3. The Morgan fingerprint density at radius 1 is 1.21 bits per heavy atom. The van der Waals surface area contributed by atoms with Crippen LogP contribution in [0, 0.1) is 5.82 Å². The van der Waals surface area contributed by atoms with Gasteiger partial charge in [-0.25, -0.2) is 14.2 Å². The Hall–Kier alpha value is -3.66. The van der Waals surface area contributed by atoms with Crippen molar-refractivity contribution >= 4 is 17.6 Å². The van der Waals surface area contributed by atoms with Crippen LogP contribution in [-0.2, 0) is 9.53 Å². The van der Waals surface area contributed by atoms with E-state index < -0.39 is 6.04 Å². The molecule has 4 rings (SSSR count). The normalized spacial score (nSPS) is 16.4. The number of halogens is 1. The van der Waals surface area contributed by atoms with Crippen LogP contribution in [0.15, 0.2) is 47.6 Å². The van der Waals surface area contributed by atoms with Crippen LogP contribution >= 0.6 is 0 Å². The highest BCUT2D eigenvalue weighted by atomic mass is 19.1. The molecular formula is C24H27FN4O5. The van der Waals surface area contributed by atoms with Gasteiger partial charge >= 0.3 is 6.03 Å². The van der Waals surface area contributed by atoms with E-state index in [1.807, 2.05) is 19.1 Å². The van der Waals surface area contributed by atoms with Gasteiger partial charge in [0.05, 0.1) is 18.4 Å². The van der Waals surface area contributed by atoms with Crippen molar-refractivity contribution in [3.63, 3.8) is 0 Å². The number of hydrogen-bond donors (Lipinski definition) is 1. The van der Waals surface area contributed by atoms with E-state index in [0.29, 0.717) is 36.8 Å². The first kappa shape index (κ1) is 23.5. The van der Waals surface area contributed by atoms with Crippen LogP contribution < -0.4 is 14.8 Å². The maximum Gasteiger partial charge on any atom is 0.317 e. The summed E-state index contributed by atoms with van der Waals surface area (Å²) in [5.41, 5.74) is 2.19. The lowest BCUT2D eigenvalue weighted by atomic mass is 9.98. The van der Waals surface area contributed by atoms with E-state index in [0.717, 1.165) is 11.1 Å². The Balaban J connectivity index is 1.62. The topological polar surface area (TPSA) is 92.7 Å². The molecule has 0 aromatic heterocycles. The van der Waals surface area contributed by atoms with E-state index in [4.69, 9.17) is 14.2 Å². The molecule has 9 nitrogen and oxygen atoms in total. The third kappa shape index (κ3) is 5.12. The number of rotatable bonds is 8. The Kier molecular flexibility index (Phi) is 7.27. The van der Waals surface area contributed by atoms with Crippen molar-refractivity contribution in [2.45, 2.75) is 19.4 Å². The molecule has 0 bridgehead atoms. The maximum absolute atomic E-state index is 13.4. The number of nitrogens with one attached hydrogen (secondary N) is 1. The molecule has 2 aliphatic rings. The quantitative estimate of drug-likeness (QED) is 0.641. The van der Waals surface area contributed by atoms with Gasteiger partial charge in [0.15, 0.2) is 11.5 Å². The lowest BCUT2D eigenvalue weighted by Crippen LogP contribution is -2.47. The summed E-state index contributed by atoms with van der Waals surface area (Å²) in [7, 11) is 1.53. The molecule has 0 saturated heterocycles. The molecule has 1 N–H and O–H groups in total. The lowest BCUT2D eigenvalue weighted by molar-refractivity contribution is -0.133. The largest absolute Gasteiger partial charge is 0.454 e. The SMILES string of the molecule is CCNC(=O)N(CCOC)CC(=O)N1N=C(c2ccc(F)cc2)C[C@H]1c1ccc2c(c1)OCO2. The average molecular weight is 471 g/mol. The Bertz CT molecular complexity index is 1080. The summed E-state index contributed by atoms with van der Waals surface area (Å²) >= 11 is 0. The predicted molar refractivity (Wildman–Crippen MR) is 122 cm³/mol. The molecule has 0 fully saturated rings. The summed E-state index contributed by atoms with van der Waals surface area (Å²) in [6.07, 6.45) is 0.427. The number of methoxy groups -OCH3 is 1. The number of hydrazone groups is 1. The Labute approximate surface area is 197 Å². The molecule has 0 radical (unpaired) electrons. The van der Waals surface area contributed by atoms with E-state index in [-0.39, 0.29) is 37.6 Å². The van der Waals surface area contributed by atoms with Gasteiger partial charge in [-0.2, -0.15) is 5.10 Å². The third-order valence-electron chi connectivity index (χ3n) is 5.63. The molecule has 10 heteroatoms. The van der Waals surface area contributed by atoms with Crippen molar-refractivity contribution in [1.82, 2.24) is 15.2 Å². The van der Waals surface area contributed by atoms with Crippen molar-refractivity contribution in [3.8, 4) is 11.5 Å². The summed E-state index contributed by atoms with van der Waals surface area (Å²) in [6, 6.07) is 10.7. The van der Waals surface area contributed by atoms with Crippen molar-refractivity contribution in [3.05, 3.63) is 59.4 Å². The zero-order chi connectivity index (χ0) is 24.1. The minimum Gasteiger partial charge on any atom is -0.454 e. The fraction of sp³-hybridized carbons (Fsp3) is 0.375. The molecule has 2 aromatic carbocycles. The van der Waals surface area contributed by atoms with E-state index in [1.54, 1.807) is 18.2 Å². The standard InChI is InChI=1S/C24H27FN4O5/c1-3-26-24(31)28(10-11-32-2)14-23(30)29-20(17-6-9-21-22(12-17)34-15-33-21)13-19(27-29)16-4-7-18(25)8-5-16/h4-9,12,20H,3,10-11,13-15H2,1-2H3,(H,26,31)/t20-/m0/s1. The molecule has 0 aliphatic carbocycles. The second-order valence-electron chi connectivity index (χ2n) is 7.87. The predicted octanol–water partition coefficient (Wildman–Crippen LogP) is 2.91. The summed E-state index contributed by atoms with van der Waals surface area (Å²) in [5.74, 6) is 0.547. The van der Waals surface area contributed by atoms with Crippen LogP contribution in [0.5, 0.6) is 11.5 Å². The fourth-order valence-corrected chi connectivity index (χ4v) is 3.89. The smallest absolute Gasteiger partial charge is 0.317 e. The lowest BCUT2D eigenvalue weighted by Gasteiger charge is -2.27. The molecular weight excluding hydrogens is 443 g/mol. The molecule has 2 aliphatic heterocycles. The molecule has 1 atom stereocenters. The first-order valence-electron chi connectivity index (χ1n) is 11.1. The third-order valence-corrected chi connectivity index (χ3v) is 5.63. The van der Waals surface area contributed by atoms with Crippen LogP contribution in [0.25, 0.3) is 0 Å². The minimum atomic E-state index is -0.416. The van der Waals surface area contributed by atoms with Gasteiger partial charge < -0.3 is 24.4 Å². The number of ether oxygens (including phenoxy) is 3. The number of amides is 3. The van der Waals surface area contributed by atoms with Gasteiger partial charge in [-0.1, -0.05) is 18.2 Å². The van der Waals surface area contributed by atoms with Gasteiger partial charge in [-0.15, -0.1) is 0 Å². The zero-order valence-electron chi connectivity index (χ0n) is 19.1. The summed E-state index contributed by atoms with van der Waals surface area (Å²) in [4.78, 5) is 27.3. The number of carbonyl (C=O) groups is 2. The number of benzene rings is 2. The molecule has 180 valence electrons. The minimum absolute atomic E-state index is 0.143. The zero-order valence-corrected chi connectivity index (χ0v) is 19.1.